The highest BCUT2D eigenvalue weighted by molar-refractivity contribution is 5.70. The monoisotopic (exact) mass is 282 g/mol. The van der Waals surface area contributed by atoms with Crippen LogP contribution in [0.1, 0.15) is 59.3 Å². The molecule has 2 rings (SSSR count). The van der Waals surface area contributed by atoms with Gasteiger partial charge in [-0.15, -0.1) is 0 Å². The molecule has 2 heterocycles. The van der Waals surface area contributed by atoms with Gasteiger partial charge in [0.25, 0.3) is 0 Å². The molecular weight excluding hydrogens is 252 g/mol. The van der Waals surface area contributed by atoms with Crippen molar-refractivity contribution in [1.29, 1.82) is 0 Å². The summed E-state index contributed by atoms with van der Waals surface area (Å²) in [6, 6.07) is 2.33. The van der Waals surface area contributed by atoms with E-state index in [0.29, 0.717) is 31.2 Å². The van der Waals surface area contributed by atoms with Gasteiger partial charge in [0.2, 0.25) is 0 Å². The standard InChI is InChI=1S/C16H30N2O2/c1-4-8-18(12(3)9-16(19)20-5-2)15-10-13-6-7-14(11-15)17-13/h12-15,17H,4-11H2,1-3H3. The van der Waals surface area contributed by atoms with Crippen LogP contribution in [0.5, 0.6) is 0 Å². The van der Waals surface area contributed by atoms with Crippen LogP contribution >= 0.6 is 0 Å². The second kappa shape index (κ2) is 7.41. The van der Waals surface area contributed by atoms with Crippen LogP contribution in [0, 0.1) is 0 Å². The zero-order valence-corrected chi connectivity index (χ0v) is 13.2. The average molecular weight is 282 g/mol. The maximum Gasteiger partial charge on any atom is 0.307 e. The number of nitrogens with one attached hydrogen (secondary N) is 1. The van der Waals surface area contributed by atoms with Gasteiger partial charge in [-0.25, -0.2) is 0 Å². The van der Waals surface area contributed by atoms with E-state index in [1.54, 1.807) is 0 Å². The van der Waals surface area contributed by atoms with E-state index in [0.717, 1.165) is 13.0 Å². The van der Waals surface area contributed by atoms with Gasteiger partial charge in [-0.1, -0.05) is 6.92 Å². The molecule has 116 valence electrons. The van der Waals surface area contributed by atoms with Gasteiger partial charge in [-0.05, 0) is 52.5 Å². The molecule has 2 bridgehead atoms. The highest BCUT2D eigenvalue weighted by Gasteiger charge is 2.37. The highest BCUT2D eigenvalue weighted by atomic mass is 16.5. The molecule has 0 aliphatic carbocycles. The van der Waals surface area contributed by atoms with Crippen LogP contribution in [0.4, 0.5) is 0 Å². The first-order chi connectivity index (χ1) is 9.63. The average Bonchev–Trinajstić information content (AvgIpc) is 2.74. The van der Waals surface area contributed by atoms with E-state index < -0.39 is 0 Å². The molecule has 1 N–H and O–H groups in total. The van der Waals surface area contributed by atoms with E-state index in [-0.39, 0.29) is 12.0 Å². The topological polar surface area (TPSA) is 41.6 Å². The zero-order chi connectivity index (χ0) is 14.5. The van der Waals surface area contributed by atoms with E-state index in [2.05, 4.69) is 24.1 Å². The van der Waals surface area contributed by atoms with Crippen LogP contribution in [0.3, 0.4) is 0 Å². The van der Waals surface area contributed by atoms with E-state index in [9.17, 15) is 4.79 Å². The quantitative estimate of drug-likeness (QED) is 0.728. The lowest BCUT2D eigenvalue weighted by molar-refractivity contribution is -0.144. The largest absolute Gasteiger partial charge is 0.466 e. The van der Waals surface area contributed by atoms with Gasteiger partial charge in [-0.2, -0.15) is 0 Å². The van der Waals surface area contributed by atoms with Crippen molar-refractivity contribution >= 4 is 5.97 Å². The molecule has 0 amide bonds. The number of esters is 1. The molecule has 2 fully saturated rings. The van der Waals surface area contributed by atoms with Crippen LogP contribution in [0.25, 0.3) is 0 Å². The Hall–Kier alpha value is -0.610. The molecule has 2 aliphatic rings. The molecule has 0 radical (unpaired) electrons. The number of fused-ring (bicyclic) bond motifs is 2. The molecule has 2 aliphatic heterocycles. The molecule has 2 saturated heterocycles. The molecular formula is C16H30N2O2. The van der Waals surface area contributed by atoms with E-state index in [1.807, 2.05) is 6.92 Å². The molecule has 20 heavy (non-hydrogen) atoms. The fraction of sp³-hybridized carbons (Fsp3) is 0.938. The number of ether oxygens (including phenoxy) is 1. The Bertz CT molecular complexity index is 310. The molecule has 0 saturated carbocycles. The third-order valence-electron chi connectivity index (χ3n) is 4.73. The van der Waals surface area contributed by atoms with Gasteiger partial charge >= 0.3 is 5.97 Å². The number of hydrogen-bond donors (Lipinski definition) is 1. The Kier molecular flexibility index (Phi) is 5.85. The minimum absolute atomic E-state index is 0.0574. The van der Waals surface area contributed by atoms with Crippen LogP contribution in [-0.2, 0) is 9.53 Å². The fourth-order valence-electron chi connectivity index (χ4n) is 3.90. The number of nitrogens with zero attached hydrogens (tertiary/aromatic N) is 1. The van der Waals surface area contributed by atoms with Crippen molar-refractivity contribution in [3.63, 3.8) is 0 Å². The predicted molar refractivity (Wildman–Crippen MR) is 80.7 cm³/mol. The van der Waals surface area contributed by atoms with Crippen molar-refractivity contribution in [3.8, 4) is 0 Å². The van der Waals surface area contributed by atoms with Crippen molar-refractivity contribution in [3.05, 3.63) is 0 Å². The first-order valence-electron chi connectivity index (χ1n) is 8.31. The molecule has 3 atom stereocenters. The molecule has 4 nitrogen and oxygen atoms in total. The highest BCUT2D eigenvalue weighted by Crippen LogP contribution is 2.31. The molecule has 0 aromatic heterocycles. The third kappa shape index (κ3) is 3.95. The maximum absolute atomic E-state index is 11.7. The summed E-state index contributed by atoms with van der Waals surface area (Å²) in [5.74, 6) is -0.0574. The number of rotatable bonds is 7. The summed E-state index contributed by atoms with van der Waals surface area (Å²) in [7, 11) is 0. The SMILES string of the molecule is CCCN(C(C)CC(=O)OCC)C1CC2CCC(C1)N2. The lowest BCUT2D eigenvalue weighted by atomic mass is 9.96. The molecule has 0 aromatic carbocycles. The van der Waals surface area contributed by atoms with Crippen molar-refractivity contribution in [2.75, 3.05) is 13.2 Å². The number of carbonyl (C=O) groups is 1. The zero-order valence-electron chi connectivity index (χ0n) is 13.2. The Morgan fingerprint density at radius 2 is 1.95 bits per heavy atom. The first-order valence-corrected chi connectivity index (χ1v) is 8.31. The summed E-state index contributed by atoms with van der Waals surface area (Å²) in [5, 5.41) is 3.70. The van der Waals surface area contributed by atoms with Crippen LogP contribution in [-0.4, -0.2) is 48.2 Å². The maximum atomic E-state index is 11.7. The number of carbonyl (C=O) groups excluding carboxylic acids is 1. The number of hydrogen-bond acceptors (Lipinski definition) is 4. The summed E-state index contributed by atoms with van der Waals surface area (Å²) in [6.45, 7) is 7.84. The third-order valence-corrected chi connectivity index (χ3v) is 4.73. The van der Waals surface area contributed by atoms with E-state index >= 15 is 0 Å². The van der Waals surface area contributed by atoms with E-state index in [1.165, 1.54) is 25.7 Å². The van der Waals surface area contributed by atoms with Gasteiger partial charge in [0.15, 0.2) is 0 Å². The van der Waals surface area contributed by atoms with E-state index in [4.69, 9.17) is 4.74 Å². The Balaban J connectivity index is 1.93. The number of piperidine rings is 1. The Morgan fingerprint density at radius 1 is 1.30 bits per heavy atom. The molecule has 4 heteroatoms. The Labute approximate surface area is 123 Å². The predicted octanol–water partition coefficient (Wildman–Crippen LogP) is 2.32. The van der Waals surface area contributed by atoms with Gasteiger partial charge in [0, 0.05) is 24.2 Å². The van der Waals surface area contributed by atoms with Crippen molar-refractivity contribution < 1.29 is 9.53 Å². The summed E-state index contributed by atoms with van der Waals surface area (Å²) in [5.41, 5.74) is 0. The summed E-state index contributed by atoms with van der Waals surface area (Å²) >= 11 is 0. The smallest absolute Gasteiger partial charge is 0.307 e. The fourth-order valence-corrected chi connectivity index (χ4v) is 3.90. The molecule has 3 unspecified atom stereocenters. The second-order valence-corrected chi connectivity index (χ2v) is 6.36. The van der Waals surface area contributed by atoms with Gasteiger partial charge < -0.3 is 10.1 Å². The van der Waals surface area contributed by atoms with Gasteiger partial charge in [-0.3, -0.25) is 9.69 Å². The lowest BCUT2D eigenvalue weighted by Gasteiger charge is -2.41. The van der Waals surface area contributed by atoms with Gasteiger partial charge in [0.1, 0.15) is 0 Å². The van der Waals surface area contributed by atoms with Crippen molar-refractivity contribution in [2.45, 2.75) is 83.5 Å². The van der Waals surface area contributed by atoms with Gasteiger partial charge in [0.05, 0.1) is 13.0 Å². The van der Waals surface area contributed by atoms with Crippen LogP contribution in [0.2, 0.25) is 0 Å². The molecule has 0 aromatic rings. The van der Waals surface area contributed by atoms with Crippen molar-refractivity contribution in [1.82, 2.24) is 10.2 Å². The summed E-state index contributed by atoms with van der Waals surface area (Å²) in [4.78, 5) is 14.3. The Morgan fingerprint density at radius 3 is 2.50 bits per heavy atom. The lowest BCUT2D eigenvalue weighted by Crippen LogP contribution is -2.51. The van der Waals surface area contributed by atoms with Crippen molar-refractivity contribution in [2.24, 2.45) is 0 Å². The summed E-state index contributed by atoms with van der Waals surface area (Å²) < 4.78 is 5.10. The molecule has 0 spiro atoms. The minimum atomic E-state index is -0.0574. The normalized spacial score (nSPS) is 30.5. The first kappa shape index (κ1) is 15.8. The van der Waals surface area contributed by atoms with Crippen LogP contribution in [0.15, 0.2) is 0 Å². The second-order valence-electron chi connectivity index (χ2n) is 6.36. The summed E-state index contributed by atoms with van der Waals surface area (Å²) in [6.07, 6.45) is 6.80. The van der Waals surface area contributed by atoms with Crippen LogP contribution < -0.4 is 5.32 Å². The minimum Gasteiger partial charge on any atom is -0.466 e.